The first kappa shape index (κ1) is 16.0. The lowest BCUT2D eigenvalue weighted by Gasteiger charge is -2.23. The number of hydrogen-bond acceptors (Lipinski definition) is 3. The molecule has 2 aromatic rings. The second-order valence-electron chi connectivity index (χ2n) is 6.10. The molecule has 1 aromatic carbocycles. The van der Waals surface area contributed by atoms with Gasteiger partial charge in [-0.2, -0.15) is 10.4 Å². The fraction of sp³-hybridized carbons (Fsp3) is 0.316. The summed E-state index contributed by atoms with van der Waals surface area (Å²) in [4.78, 5) is 14.5. The number of carbonyl (C=O) groups excluding carboxylic acids is 1. The molecule has 2 heterocycles. The van der Waals surface area contributed by atoms with E-state index in [4.69, 9.17) is 5.26 Å². The summed E-state index contributed by atoms with van der Waals surface area (Å²) < 4.78 is 1.80. The number of nitriles is 1. The summed E-state index contributed by atoms with van der Waals surface area (Å²) in [5.41, 5.74) is 3.56. The molecule has 0 N–H and O–H groups in total. The van der Waals surface area contributed by atoms with Crippen molar-refractivity contribution in [3.63, 3.8) is 0 Å². The van der Waals surface area contributed by atoms with Crippen molar-refractivity contribution in [1.29, 1.82) is 5.26 Å². The minimum absolute atomic E-state index is 0.00288. The van der Waals surface area contributed by atoms with Crippen LogP contribution in [0.2, 0.25) is 0 Å². The first-order valence-electron chi connectivity index (χ1n) is 8.07. The smallest absolute Gasteiger partial charge is 0.247 e. The van der Waals surface area contributed by atoms with E-state index < -0.39 is 0 Å². The van der Waals surface area contributed by atoms with Crippen molar-refractivity contribution in [1.82, 2.24) is 14.7 Å². The Morgan fingerprint density at radius 1 is 1.46 bits per heavy atom. The van der Waals surface area contributed by atoms with Crippen molar-refractivity contribution in [3.05, 3.63) is 58.9 Å². The number of nitrogens with zero attached hydrogens (tertiary/aromatic N) is 4. The minimum atomic E-state index is 0.00288. The monoisotopic (exact) mass is 320 g/mol. The Labute approximate surface area is 141 Å². The highest BCUT2D eigenvalue weighted by Crippen LogP contribution is 2.33. The minimum Gasteiger partial charge on any atom is -0.332 e. The summed E-state index contributed by atoms with van der Waals surface area (Å²) >= 11 is 0. The molecule has 0 aliphatic carbocycles. The summed E-state index contributed by atoms with van der Waals surface area (Å²) in [7, 11) is 1.90. The lowest BCUT2D eigenvalue weighted by molar-refractivity contribution is -0.126. The molecule has 0 spiro atoms. The van der Waals surface area contributed by atoms with Gasteiger partial charge in [0.1, 0.15) is 0 Å². The van der Waals surface area contributed by atoms with Crippen molar-refractivity contribution in [2.24, 2.45) is 7.05 Å². The van der Waals surface area contributed by atoms with Gasteiger partial charge in [-0.05, 0) is 43.5 Å². The Balaban J connectivity index is 1.77. The van der Waals surface area contributed by atoms with E-state index in [-0.39, 0.29) is 11.9 Å². The number of carbonyl (C=O) groups is 1. The maximum absolute atomic E-state index is 12.6. The number of aromatic nitrogens is 2. The largest absolute Gasteiger partial charge is 0.332 e. The Bertz CT molecular complexity index is 828. The second kappa shape index (κ2) is 6.71. The van der Waals surface area contributed by atoms with Crippen LogP contribution < -0.4 is 0 Å². The van der Waals surface area contributed by atoms with Crippen LogP contribution in [0.15, 0.2) is 36.5 Å². The molecule has 24 heavy (non-hydrogen) atoms. The van der Waals surface area contributed by atoms with E-state index in [2.05, 4.69) is 11.2 Å². The van der Waals surface area contributed by atoms with E-state index in [1.54, 1.807) is 29.0 Å². The fourth-order valence-electron chi connectivity index (χ4n) is 3.27. The Morgan fingerprint density at radius 2 is 2.29 bits per heavy atom. The zero-order chi connectivity index (χ0) is 17.1. The highest BCUT2D eigenvalue weighted by atomic mass is 16.2. The van der Waals surface area contributed by atoms with Gasteiger partial charge in [0.05, 0.1) is 23.4 Å². The normalized spacial score (nSPS) is 17.4. The summed E-state index contributed by atoms with van der Waals surface area (Å²) in [5.74, 6) is 0.00288. The molecule has 0 bridgehead atoms. The lowest BCUT2D eigenvalue weighted by atomic mass is 10.1. The highest BCUT2D eigenvalue weighted by Gasteiger charge is 2.30. The van der Waals surface area contributed by atoms with Gasteiger partial charge in [0.15, 0.2) is 0 Å². The van der Waals surface area contributed by atoms with Gasteiger partial charge >= 0.3 is 0 Å². The quantitative estimate of drug-likeness (QED) is 0.817. The van der Waals surface area contributed by atoms with Gasteiger partial charge in [0, 0.05) is 31.4 Å². The average molecular weight is 320 g/mol. The van der Waals surface area contributed by atoms with Gasteiger partial charge in [0.25, 0.3) is 0 Å². The van der Waals surface area contributed by atoms with Gasteiger partial charge in [-0.25, -0.2) is 0 Å². The van der Waals surface area contributed by atoms with Gasteiger partial charge in [0.2, 0.25) is 5.91 Å². The van der Waals surface area contributed by atoms with Crippen LogP contribution in [-0.2, 0) is 11.8 Å². The number of rotatable bonds is 3. The van der Waals surface area contributed by atoms with E-state index in [0.29, 0.717) is 5.56 Å². The third-order valence-corrected chi connectivity index (χ3v) is 4.38. The summed E-state index contributed by atoms with van der Waals surface area (Å²) in [5, 5.41) is 13.3. The molecular formula is C19H20N4O. The SMILES string of the molecule is Cc1nn(C)cc1C1CCCN1C(=O)/C=C/c1cccc(C#N)c1. The van der Waals surface area contributed by atoms with Gasteiger partial charge < -0.3 is 4.90 Å². The molecule has 1 aliphatic rings. The van der Waals surface area contributed by atoms with E-state index in [1.807, 2.05) is 37.2 Å². The Hall–Kier alpha value is -2.87. The standard InChI is InChI=1S/C19H20N4O/c1-14-17(13-22(2)21-14)18-7-4-10-23(18)19(24)9-8-15-5-3-6-16(11-15)12-20/h3,5-6,8-9,11,13,18H,4,7,10H2,1-2H3/b9-8+. The molecule has 0 radical (unpaired) electrons. The number of amides is 1. The third kappa shape index (κ3) is 3.23. The Kier molecular flexibility index (Phi) is 4.48. The van der Waals surface area contributed by atoms with Gasteiger partial charge in [-0.15, -0.1) is 0 Å². The van der Waals surface area contributed by atoms with Crippen molar-refractivity contribution in [2.75, 3.05) is 6.54 Å². The van der Waals surface area contributed by atoms with Crippen LogP contribution >= 0.6 is 0 Å². The molecule has 1 amide bonds. The van der Waals surface area contributed by atoms with E-state index in [1.165, 1.54) is 0 Å². The van der Waals surface area contributed by atoms with E-state index in [0.717, 1.165) is 36.2 Å². The fourth-order valence-corrected chi connectivity index (χ4v) is 3.27. The number of hydrogen-bond donors (Lipinski definition) is 0. The predicted molar refractivity (Wildman–Crippen MR) is 91.8 cm³/mol. The van der Waals surface area contributed by atoms with Crippen molar-refractivity contribution in [2.45, 2.75) is 25.8 Å². The molecule has 1 fully saturated rings. The van der Waals surface area contributed by atoms with Crippen LogP contribution in [0, 0.1) is 18.3 Å². The van der Waals surface area contributed by atoms with Crippen LogP contribution in [0.1, 0.15) is 41.3 Å². The first-order chi connectivity index (χ1) is 11.6. The van der Waals surface area contributed by atoms with Crippen molar-refractivity contribution >= 4 is 12.0 Å². The van der Waals surface area contributed by atoms with E-state index >= 15 is 0 Å². The van der Waals surface area contributed by atoms with Gasteiger partial charge in [-0.1, -0.05) is 12.1 Å². The van der Waals surface area contributed by atoms with Crippen LogP contribution in [0.25, 0.3) is 6.08 Å². The summed E-state index contributed by atoms with van der Waals surface area (Å²) in [6, 6.07) is 9.44. The van der Waals surface area contributed by atoms with Crippen LogP contribution in [0.5, 0.6) is 0 Å². The highest BCUT2D eigenvalue weighted by molar-refractivity contribution is 5.92. The predicted octanol–water partition coefficient (Wildman–Crippen LogP) is 2.98. The van der Waals surface area contributed by atoms with Gasteiger partial charge in [-0.3, -0.25) is 9.48 Å². The van der Waals surface area contributed by atoms with Crippen LogP contribution in [-0.4, -0.2) is 27.1 Å². The maximum atomic E-state index is 12.6. The number of likely N-dealkylation sites (tertiary alicyclic amines) is 1. The second-order valence-corrected chi connectivity index (χ2v) is 6.10. The van der Waals surface area contributed by atoms with Crippen molar-refractivity contribution < 1.29 is 4.79 Å². The third-order valence-electron chi connectivity index (χ3n) is 4.38. The first-order valence-corrected chi connectivity index (χ1v) is 8.07. The molecule has 1 atom stereocenters. The molecule has 5 nitrogen and oxygen atoms in total. The molecule has 0 saturated carbocycles. The zero-order valence-corrected chi connectivity index (χ0v) is 13.9. The molecule has 1 aromatic heterocycles. The molecule has 1 aliphatic heterocycles. The van der Waals surface area contributed by atoms with Crippen LogP contribution in [0.3, 0.4) is 0 Å². The van der Waals surface area contributed by atoms with E-state index in [9.17, 15) is 4.79 Å². The van der Waals surface area contributed by atoms with Crippen molar-refractivity contribution in [3.8, 4) is 6.07 Å². The van der Waals surface area contributed by atoms with Crippen LogP contribution in [0.4, 0.5) is 0 Å². The molecule has 3 rings (SSSR count). The Morgan fingerprint density at radius 3 is 3.00 bits per heavy atom. The number of benzene rings is 1. The summed E-state index contributed by atoms with van der Waals surface area (Å²) in [6.07, 6.45) is 7.35. The molecular weight excluding hydrogens is 300 g/mol. The number of aryl methyl sites for hydroxylation is 2. The average Bonchev–Trinajstić information content (AvgIpc) is 3.18. The molecule has 122 valence electrons. The molecule has 5 heteroatoms. The topological polar surface area (TPSA) is 61.9 Å². The molecule has 1 unspecified atom stereocenters. The zero-order valence-electron chi connectivity index (χ0n) is 13.9. The lowest BCUT2D eigenvalue weighted by Crippen LogP contribution is -2.29. The molecule has 1 saturated heterocycles. The maximum Gasteiger partial charge on any atom is 0.247 e. The summed E-state index contributed by atoms with van der Waals surface area (Å²) in [6.45, 7) is 2.75.